The maximum absolute atomic E-state index is 11.2. The SMILES string of the molecule is O=C([O-])C(=NNc1ccccc1)C(=NNc1ccccc1)C(=O)[O-].[Na+].[Na+]. The van der Waals surface area contributed by atoms with Gasteiger partial charge in [-0.25, -0.2) is 0 Å². The van der Waals surface area contributed by atoms with Crippen molar-refractivity contribution in [2.75, 3.05) is 10.9 Å². The van der Waals surface area contributed by atoms with Crippen molar-refractivity contribution in [1.82, 2.24) is 0 Å². The number of benzene rings is 2. The molecule has 0 saturated heterocycles. The minimum atomic E-state index is -1.81. The summed E-state index contributed by atoms with van der Waals surface area (Å²) < 4.78 is 0. The Balaban J connectivity index is 0.00000312. The number of aliphatic carboxylic acids is 2. The smallest absolute Gasteiger partial charge is 0.543 e. The number of carbonyl (C=O) groups excluding carboxylic acids is 2. The van der Waals surface area contributed by atoms with Gasteiger partial charge in [0.05, 0.1) is 23.3 Å². The molecule has 2 aromatic rings. The molecule has 0 atom stereocenters. The van der Waals surface area contributed by atoms with Gasteiger partial charge in [-0.05, 0) is 24.3 Å². The predicted octanol–water partition coefficient (Wildman–Crippen LogP) is -6.57. The van der Waals surface area contributed by atoms with E-state index in [1.165, 1.54) is 0 Å². The van der Waals surface area contributed by atoms with Gasteiger partial charge in [0.15, 0.2) is 0 Å². The second-order valence-corrected chi connectivity index (χ2v) is 4.45. The summed E-state index contributed by atoms with van der Waals surface area (Å²) in [6.07, 6.45) is 0. The Kier molecular flexibility index (Phi) is 11.8. The van der Waals surface area contributed by atoms with Crippen LogP contribution in [0.25, 0.3) is 0 Å². The number of hydrazone groups is 2. The summed E-state index contributed by atoms with van der Waals surface area (Å²) in [5.41, 5.74) is 3.98. The third-order valence-electron chi connectivity index (χ3n) is 2.75. The number of carboxylic acids is 2. The van der Waals surface area contributed by atoms with Crippen molar-refractivity contribution in [3.8, 4) is 0 Å². The number of carbonyl (C=O) groups is 2. The number of anilines is 2. The number of rotatable bonds is 7. The molecule has 2 rings (SSSR count). The van der Waals surface area contributed by atoms with Gasteiger partial charge in [0.2, 0.25) is 0 Å². The molecular weight excluding hydrogens is 358 g/mol. The normalized spacial score (nSPS) is 10.8. The van der Waals surface area contributed by atoms with Gasteiger partial charge in [-0.3, -0.25) is 10.9 Å². The van der Waals surface area contributed by atoms with Crippen LogP contribution in [0.15, 0.2) is 70.9 Å². The van der Waals surface area contributed by atoms with E-state index in [0.29, 0.717) is 11.4 Å². The Morgan fingerprint density at radius 3 is 1.23 bits per heavy atom. The molecule has 0 aliphatic carbocycles. The molecule has 122 valence electrons. The molecule has 0 radical (unpaired) electrons. The molecule has 8 nitrogen and oxygen atoms in total. The molecule has 0 spiro atoms. The first-order valence-corrected chi connectivity index (χ1v) is 6.78. The number of hydrogen-bond acceptors (Lipinski definition) is 8. The molecular formula is C16H12N4Na2O4. The van der Waals surface area contributed by atoms with Crippen molar-refractivity contribution < 1.29 is 78.9 Å². The number of nitrogens with one attached hydrogen (secondary N) is 2. The van der Waals surface area contributed by atoms with Crippen molar-refractivity contribution >= 4 is 34.7 Å². The Hall–Kier alpha value is -1.68. The first-order chi connectivity index (χ1) is 11.6. The van der Waals surface area contributed by atoms with Gasteiger partial charge < -0.3 is 19.8 Å². The number of para-hydroxylation sites is 2. The van der Waals surface area contributed by atoms with Crippen LogP contribution in [0, 0.1) is 0 Å². The van der Waals surface area contributed by atoms with E-state index < -0.39 is 23.4 Å². The molecule has 0 aromatic heterocycles. The fourth-order valence-corrected chi connectivity index (χ4v) is 1.66. The van der Waals surface area contributed by atoms with Gasteiger partial charge >= 0.3 is 59.1 Å². The molecule has 0 unspecified atom stereocenters. The fourth-order valence-electron chi connectivity index (χ4n) is 1.66. The van der Waals surface area contributed by atoms with E-state index in [2.05, 4.69) is 21.1 Å². The summed E-state index contributed by atoms with van der Waals surface area (Å²) in [6.45, 7) is 0. The van der Waals surface area contributed by atoms with Crippen molar-refractivity contribution in [1.29, 1.82) is 0 Å². The summed E-state index contributed by atoms with van der Waals surface area (Å²) in [4.78, 5) is 22.4. The monoisotopic (exact) mass is 370 g/mol. The van der Waals surface area contributed by atoms with Crippen molar-refractivity contribution in [3.05, 3.63) is 60.7 Å². The summed E-state index contributed by atoms with van der Waals surface area (Å²) in [6, 6.07) is 16.8. The van der Waals surface area contributed by atoms with Crippen LogP contribution in [0.1, 0.15) is 0 Å². The van der Waals surface area contributed by atoms with Crippen LogP contribution in [0.3, 0.4) is 0 Å². The summed E-state index contributed by atoms with van der Waals surface area (Å²) in [7, 11) is 0. The Morgan fingerprint density at radius 1 is 0.654 bits per heavy atom. The van der Waals surface area contributed by atoms with E-state index in [-0.39, 0.29) is 59.1 Å². The fraction of sp³-hybridized carbons (Fsp3) is 0. The van der Waals surface area contributed by atoms with Crippen LogP contribution in [0.4, 0.5) is 11.4 Å². The van der Waals surface area contributed by atoms with Crippen LogP contribution in [0.5, 0.6) is 0 Å². The zero-order valence-corrected chi connectivity index (χ0v) is 18.3. The second kappa shape index (κ2) is 12.6. The van der Waals surface area contributed by atoms with Gasteiger partial charge in [0.25, 0.3) is 0 Å². The van der Waals surface area contributed by atoms with Crippen LogP contribution < -0.4 is 80.2 Å². The van der Waals surface area contributed by atoms with Crippen molar-refractivity contribution in [3.63, 3.8) is 0 Å². The first-order valence-electron chi connectivity index (χ1n) is 6.78. The number of carboxylic acid groups (broad SMARTS) is 2. The van der Waals surface area contributed by atoms with Gasteiger partial charge in [-0.2, -0.15) is 10.2 Å². The Bertz CT molecular complexity index is 716. The largest absolute Gasteiger partial charge is 1.00 e. The second-order valence-electron chi connectivity index (χ2n) is 4.45. The zero-order valence-electron chi connectivity index (χ0n) is 14.3. The molecule has 0 saturated carbocycles. The van der Waals surface area contributed by atoms with Crippen molar-refractivity contribution in [2.45, 2.75) is 0 Å². The van der Waals surface area contributed by atoms with Crippen LogP contribution in [-0.4, -0.2) is 23.4 Å². The van der Waals surface area contributed by atoms with Gasteiger partial charge in [0.1, 0.15) is 11.4 Å². The molecule has 0 aliphatic heterocycles. The van der Waals surface area contributed by atoms with Gasteiger partial charge in [-0.1, -0.05) is 36.4 Å². The van der Waals surface area contributed by atoms with Crippen LogP contribution >= 0.6 is 0 Å². The first kappa shape index (κ1) is 24.3. The number of hydrogen-bond donors (Lipinski definition) is 2. The van der Waals surface area contributed by atoms with E-state index in [4.69, 9.17) is 0 Å². The molecule has 0 bridgehead atoms. The van der Waals surface area contributed by atoms with E-state index in [9.17, 15) is 19.8 Å². The Labute approximate surface area is 194 Å². The van der Waals surface area contributed by atoms with Gasteiger partial charge in [-0.15, -0.1) is 0 Å². The van der Waals surface area contributed by atoms with Crippen LogP contribution in [0.2, 0.25) is 0 Å². The molecule has 0 aliphatic rings. The number of nitrogens with zero attached hydrogens (tertiary/aromatic N) is 2. The van der Waals surface area contributed by atoms with E-state index >= 15 is 0 Å². The molecule has 0 fully saturated rings. The molecule has 0 heterocycles. The van der Waals surface area contributed by atoms with Gasteiger partial charge in [0, 0.05) is 0 Å². The topological polar surface area (TPSA) is 129 Å². The van der Waals surface area contributed by atoms with E-state index in [0.717, 1.165) is 0 Å². The standard InChI is InChI=1S/C16H14N4O4.2Na/c21-15(22)13(19-17-11-7-3-1-4-8-11)14(16(23)24)20-18-12-9-5-2-6-10-12;;/h1-10,17-18H,(H,21,22)(H,23,24);;/q;2*+1/p-2. The summed E-state index contributed by atoms with van der Waals surface area (Å²) >= 11 is 0. The molecule has 2 aromatic carbocycles. The third kappa shape index (κ3) is 7.69. The Morgan fingerprint density at radius 2 is 0.962 bits per heavy atom. The summed E-state index contributed by atoms with van der Waals surface area (Å²) in [5.74, 6) is -3.62. The zero-order chi connectivity index (χ0) is 17.4. The van der Waals surface area contributed by atoms with E-state index in [1.54, 1.807) is 60.7 Å². The molecule has 26 heavy (non-hydrogen) atoms. The minimum Gasteiger partial charge on any atom is -0.543 e. The third-order valence-corrected chi connectivity index (χ3v) is 2.75. The molecule has 0 amide bonds. The van der Waals surface area contributed by atoms with E-state index in [1.807, 2.05) is 0 Å². The molecule has 10 heteroatoms. The average molecular weight is 370 g/mol. The average Bonchev–Trinajstić information content (AvgIpc) is 2.59. The summed E-state index contributed by atoms with van der Waals surface area (Å²) in [5, 5.41) is 29.5. The quantitative estimate of drug-likeness (QED) is 0.283. The van der Waals surface area contributed by atoms with Crippen molar-refractivity contribution in [2.24, 2.45) is 10.2 Å². The maximum Gasteiger partial charge on any atom is 1.00 e. The minimum absolute atomic E-state index is 0. The molecule has 2 N–H and O–H groups in total. The van der Waals surface area contributed by atoms with Crippen LogP contribution in [-0.2, 0) is 9.59 Å². The predicted molar refractivity (Wildman–Crippen MR) is 85.0 cm³/mol. The maximum atomic E-state index is 11.2.